The molecule has 2 aromatic heterocycles. The Labute approximate surface area is 125 Å². The minimum Gasteiger partial charge on any atom is -0.506 e. The average molecular weight is 305 g/mol. The Hall–Kier alpha value is -2.90. The molecular formula is C14H15N3O5. The average Bonchev–Trinajstić information content (AvgIpc) is 2.50. The molecule has 2 aromatic rings. The maximum Gasteiger partial charge on any atom is 0.322 e. The molecule has 0 aromatic carbocycles. The third-order valence-electron chi connectivity index (χ3n) is 3.29. The van der Waals surface area contributed by atoms with E-state index in [1.807, 2.05) is 6.92 Å². The lowest BCUT2D eigenvalue weighted by Crippen LogP contribution is -2.35. The van der Waals surface area contributed by atoms with E-state index in [0.717, 1.165) is 10.1 Å². The lowest BCUT2D eigenvalue weighted by Gasteiger charge is -2.11. The summed E-state index contributed by atoms with van der Waals surface area (Å²) in [5.74, 6) is -2.69. The van der Waals surface area contributed by atoms with E-state index in [0.29, 0.717) is 6.42 Å². The first-order valence-corrected chi connectivity index (χ1v) is 6.57. The fourth-order valence-electron chi connectivity index (χ4n) is 2.08. The number of aromatic hydroxyl groups is 1. The smallest absolute Gasteiger partial charge is 0.322 e. The molecule has 0 spiro atoms. The summed E-state index contributed by atoms with van der Waals surface area (Å²) in [7, 11) is 1.43. The molecule has 3 N–H and O–H groups in total. The van der Waals surface area contributed by atoms with Crippen molar-refractivity contribution in [3.63, 3.8) is 0 Å². The first-order chi connectivity index (χ1) is 10.4. The number of nitrogens with zero attached hydrogens (tertiary/aromatic N) is 2. The Morgan fingerprint density at radius 2 is 2.09 bits per heavy atom. The van der Waals surface area contributed by atoms with Crippen LogP contribution in [0.25, 0.3) is 11.0 Å². The van der Waals surface area contributed by atoms with Crippen LogP contribution >= 0.6 is 0 Å². The Balaban J connectivity index is 2.66. The highest BCUT2D eigenvalue weighted by Gasteiger charge is 2.22. The SMILES string of the molecule is CCc1cnc2c(c1)c(O)c(C(=O)NCC(=O)O)c(=O)n2C. The van der Waals surface area contributed by atoms with Crippen molar-refractivity contribution >= 4 is 22.9 Å². The Bertz CT molecular complexity index is 825. The van der Waals surface area contributed by atoms with Crippen LogP contribution < -0.4 is 10.9 Å². The number of hydrogen-bond acceptors (Lipinski definition) is 5. The zero-order valence-corrected chi connectivity index (χ0v) is 12.1. The third-order valence-corrected chi connectivity index (χ3v) is 3.29. The standard InChI is InChI=1S/C14H15N3O5/c1-3-7-4-8-11(20)10(13(21)16-6-9(18)19)14(22)17(2)12(8)15-5-7/h4-5,20H,3,6H2,1-2H3,(H,16,21)(H,18,19). The first-order valence-electron chi connectivity index (χ1n) is 6.57. The summed E-state index contributed by atoms with van der Waals surface area (Å²) >= 11 is 0. The number of aliphatic carboxylic acids is 1. The fraction of sp³-hybridized carbons (Fsp3) is 0.286. The predicted octanol–water partition coefficient (Wildman–Crippen LogP) is 0.0159. The second kappa shape index (κ2) is 5.84. The van der Waals surface area contributed by atoms with Crippen molar-refractivity contribution in [1.82, 2.24) is 14.9 Å². The number of fused-ring (bicyclic) bond motifs is 1. The van der Waals surface area contributed by atoms with Crippen molar-refractivity contribution < 1.29 is 19.8 Å². The highest BCUT2D eigenvalue weighted by molar-refractivity contribution is 6.02. The molecule has 0 atom stereocenters. The molecule has 0 aliphatic carbocycles. The van der Waals surface area contributed by atoms with E-state index in [9.17, 15) is 19.5 Å². The van der Waals surface area contributed by atoms with Gasteiger partial charge in [-0.05, 0) is 18.1 Å². The third kappa shape index (κ3) is 2.62. The Kier molecular flexibility index (Phi) is 4.11. The molecule has 0 saturated heterocycles. The highest BCUT2D eigenvalue weighted by atomic mass is 16.4. The van der Waals surface area contributed by atoms with Crippen LogP contribution in [0.4, 0.5) is 0 Å². The van der Waals surface area contributed by atoms with Crippen LogP contribution in [-0.2, 0) is 18.3 Å². The van der Waals surface area contributed by atoms with E-state index in [-0.39, 0.29) is 11.0 Å². The Morgan fingerprint density at radius 3 is 2.68 bits per heavy atom. The number of aromatic nitrogens is 2. The molecule has 0 aliphatic rings. The molecule has 8 heteroatoms. The molecular weight excluding hydrogens is 290 g/mol. The number of aryl methyl sites for hydroxylation is 2. The predicted molar refractivity (Wildman–Crippen MR) is 78.0 cm³/mol. The topological polar surface area (TPSA) is 122 Å². The summed E-state index contributed by atoms with van der Waals surface area (Å²) in [5, 5.41) is 21.2. The van der Waals surface area contributed by atoms with Crippen molar-refractivity contribution in [2.45, 2.75) is 13.3 Å². The van der Waals surface area contributed by atoms with Crippen molar-refractivity contribution in [2.24, 2.45) is 7.05 Å². The number of carbonyl (C=O) groups excluding carboxylic acids is 1. The zero-order valence-electron chi connectivity index (χ0n) is 12.1. The zero-order chi connectivity index (χ0) is 16.4. The number of nitrogens with one attached hydrogen (secondary N) is 1. The van der Waals surface area contributed by atoms with E-state index in [1.54, 1.807) is 12.3 Å². The van der Waals surface area contributed by atoms with Crippen LogP contribution in [0.2, 0.25) is 0 Å². The van der Waals surface area contributed by atoms with Crippen LogP contribution in [0.1, 0.15) is 22.8 Å². The molecule has 1 amide bonds. The van der Waals surface area contributed by atoms with Gasteiger partial charge in [-0.1, -0.05) is 6.92 Å². The monoisotopic (exact) mass is 305 g/mol. The summed E-state index contributed by atoms with van der Waals surface area (Å²) in [6.45, 7) is 1.26. The van der Waals surface area contributed by atoms with Crippen molar-refractivity contribution in [3.8, 4) is 5.75 Å². The van der Waals surface area contributed by atoms with Crippen LogP contribution in [0, 0.1) is 0 Å². The molecule has 0 unspecified atom stereocenters. The van der Waals surface area contributed by atoms with Gasteiger partial charge in [0.05, 0.1) is 5.39 Å². The second-order valence-electron chi connectivity index (χ2n) is 4.73. The van der Waals surface area contributed by atoms with Crippen LogP contribution in [0.15, 0.2) is 17.1 Å². The van der Waals surface area contributed by atoms with E-state index in [2.05, 4.69) is 10.3 Å². The van der Waals surface area contributed by atoms with Crippen LogP contribution in [0.3, 0.4) is 0 Å². The number of amides is 1. The van der Waals surface area contributed by atoms with Crippen molar-refractivity contribution in [1.29, 1.82) is 0 Å². The maximum absolute atomic E-state index is 12.2. The van der Waals surface area contributed by atoms with Gasteiger partial charge >= 0.3 is 5.97 Å². The number of carboxylic acids is 1. The molecule has 0 radical (unpaired) electrons. The summed E-state index contributed by atoms with van der Waals surface area (Å²) in [5.41, 5.74) is -0.163. The largest absolute Gasteiger partial charge is 0.506 e. The number of carbonyl (C=O) groups is 2. The van der Waals surface area contributed by atoms with Gasteiger partial charge in [0.25, 0.3) is 11.5 Å². The molecule has 0 saturated carbocycles. The molecule has 0 fully saturated rings. The molecule has 22 heavy (non-hydrogen) atoms. The maximum atomic E-state index is 12.2. The van der Waals surface area contributed by atoms with Crippen LogP contribution in [0.5, 0.6) is 5.75 Å². The van der Waals surface area contributed by atoms with E-state index >= 15 is 0 Å². The fourth-order valence-corrected chi connectivity index (χ4v) is 2.08. The first kappa shape index (κ1) is 15.5. The minimum atomic E-state index is -1.25. The summed E-state index contributed by atoms with van der Waals surface area (Å²) < 4.78 is 1.14. The van der Waals surface area contributed by atoms with Gasteiger partial charge < -0.3 is 15.5 Å². The van der Waals surface area contributed by atoms with Gasteiger partial charge in [0.2, 0.25) is 0 Å². The van der Waals surface area contributed by atoms with E-state index in [4.69, 9.17) is 5.11 Å². The van der Waals surface area contributed by atoms with Crippen molar-refractivity contribution in [3.05, 3.63) is 33.7 Å². The summed E-state index contributed by atoms with van der Waals surface area (Å²) in [6, 6.07) is 1.64. The van der Waals surface area contributed by atoms with Crippen molar-refractivity contribution in [2.75, 3.05) is 6.54 Å². The molecule has 0 aliphatic heterocycles. The number of hydrogen-bond donors (Lipinski definition) is 3. The van der Waals surface area contributed by atoms with Gasteiger partial charge in [0.1, 0.15) is 23.5 Å². The summed E-state index contributed by atoms with van der Waals surface area (Å²) in [6.07, 6.45) is 2.26. The normalized spacial score (nSPS) is 10.6. The lowest BCUT2D eigenvalue weighted by atomic mass is 10.1. The molecule has 2 rings (SSSR count). The van der Waals surface area contributed by atoms with E-state index < -0.39 is 35.3 Å². The Morgan fingerprint density at radius 1 is 1.41 bits per heavy atom. The highest BCUT2D eigenvalue weighted by Crippen LogP contribution is 2.25. The second-order valence-corrected chi connectivity index (χ2v) is 4.73. The van der Waals surface area contributed by atoms with Gasteiger partial charge in [-0.3, -0.25) is 19.0 Å². The molecule has 0 bridgehead atoms. The number of rotatable bonds is 4. The molecule has 2 heterocycles. The molecule has 116 valence electrons. The summed E-state index contributed by atoms with van der Waals surface area (Å²) in [4.78, 5) is 38.8. The quantitative estimate of drug-likeness (QED) is 0.732. The van der Waals surface area contributed by atoms with Gasteiger partial charge in [-0.2, -0.15) is 0 Å². The van der Waals surface area contributed by atoms with E-state index in [1.165, 1.54) is 7.05 Å². The lowest BCUT2D eigenvalue weighted by molar-refractivity contribution is -0.135. The van der Waals surface area contributed by atoms with Crippen LogP contribution in [-0.4, -0.2) is 38.2 Å². The number of carboxylic acid groups (broad SMARTS) is 1. The molecule has 8 nitrogen and oxygen atoms in total. The van der Waals surface area contributed by atoms with Gasteiger partial charge in [-0.25, -0.2) is 4.98 Å². The van der Waals surface area contributed by atoms with Gasteiger partial charge in [0.15, 0.2) is 0 Å². The van der Waals surface area contributed by atoms with Gasteiger partial charge in [-0.15, -0.1) is 0 Å². The minimum absolute atomic E-state index is 0.245. The van der Waals surface area contributed by atoms with Gasteiger partial charge in [0, 0.05) is 13.2 Å². The number of pyridine rings is 2.